The van der Waals surface area contributed by atoms with Gasteiger partial charge in [-0.15, -0.1) is 0 Å². The molecule has 0 atom stereocenters. The highest BCUT2D eigenvalue weighted by molar-refractivity contribution is 6.43. The Hall–Kier alpha value is -2.96. The van der Waals surface area contributed by atoms with Crippen LogP contribution in [0, 0.1) is 0 Å². The Morgan fingerprint density at radius 3 is 2.32 bits per heavy atom. The number of hydrogen-bond donors (Lipinski definition) is 1. The summed E-state index contributed by atoms with van der Waals surface area (Å²) in [5.74, 6) is 0.400. The predicted molar refractivity (Wildman–Crippen MR) is 123 cm³/mol. The second-order valence-electron chi connectivity index (χ2n) is 7.26. The minimum absolute atomic E-state index is 0.108. The molecular weight excluding hydrogens is 437 g/mol. The van der Waals surface area contributed by atoms with E-state index >= 15 is 0 Å². The Morgan fingerprint density at radius 1 is 0.935 bits per heavy atom. The highest BCUT2D eigenvalue weighted by atomic mass is 35.5. The molecule has 1 aromatic heterocycles. The Kier molecular flexibility index (Phi) is 6.20. The number of nitrogens with zero attached hydrogens (tertiary/aromatic N) is 2. The zero-order chi connectivity index (χ0) is 22.0. The molecule has 8 heteroatoms. The minimum Gasteiger partial charge on any atom is -0.451 e. The van der Waals surface area contributed by atoms with Crippen molar-refractivity contribution in [3.05, 3.63) is 70.4 Å². The summed E-state index contributed by atoms with van der Waals surface area (Å²) >= 11 is 12.3. The number of carbonyl (C=O) groups is 2. The highest BCUT2D eigenvalue weighted by Gasteiger charge is 2.19. The molecule has 3 aromatic rings. The number of halogens is 2. The first-order valence-corrected chi connectivity index (χ1v) is 10.6. The van der Waals surface area contributed by atoms with Gasteiger partial charge in [-0.05, 0) is 48.5 Å². The Balaban J connectivity index is 1.40. The van der Waals surface area contributed by atoms with Gasteiger partial charge < -0.3 is 19.5 Å². The molecule has 1 fully saturated rings. The lowest BCUT2D eigenvalue weighted by Crippen LogP contribution is -2.48. The van der Waals surface area contributed by atoms with E-state index < -0.39 is 0 Å². The standard InChI is InChI=1S/C23H21Cl2N3O3/c1-15(29)27-11-13-28(14-12-27)17-7-5-16(6-8-17)26-23(30)21-10-9-20(31-21)18-3-2-4-19(24)22(18)25/h2-10H,11-14H2,1H3,(H,26,30). The van der Waals surface area contributed by atoms with Crippen molar-refractivity contribution in [3.63, 3.8) is 0 Å². The number of nitrogens with one attached hydrogen (secondary N) is 1. The monoisotopic (exact) mass is 457 g/mol. The quantitative estimate of drug-likeness (QED) is 0.586. The average molecular weight is 458 g/mol. The first-order chi connectivity index (χ1) is 14.9. The van der Waals surface area contributed by atoms with E-state index in [0.29, 0.717) is 40.1 Å². The number of carbonyl (C=O) groups excluding carboxylic acids is 2. The Morgan fingerprint density at radius 2 is 1.65 bits per heavy atom. The first kappa shape index (κ1) is 21.3. The maximum absolute atomic E-state index is 12.6. The maximum Gasteiger partial charge on any atom is 0.291 e. The summed E-state index contributed by atoms with van der Waals surface area (Å²) in [5.41, 5.74) is 2.34. The zero-order valence-corrected chi connectivity index (χ0v) is 18.4. The molecule has 1 N–H and O–H groups in total. The highest BCUT2D eigenvalue weighted by Crippen LogP contribution is 2.34. The number of furan rings is 1. The Bertz CT molecular complexity index is 1100. The summed E-state index contributed by atoms with van der Waals surface area (Å²) in [6.45, 7) is 4.59. The Labute approximate surface area is 190 Å². The summed E-state index contributed by atoms with van der Waals surface area (Å²) in [7, 11) is 0. The topological polar surface area (TPSA) is 65.8 Å². The third-order valence-electron chi connectivity index (χ3n) is 5.26. The fourth-order valence-electron chi connectivity index (χ4n) is 3.53. The summed E-state index contributed by atoms with van der Waals surface area (Å²) in [6, 6.07) is 16.1. The van der Waals surface area contributed by atoms with Gasteiger partial charge in [0, 0.05) is 50.0 Å². The van der Waals surface area contributed by atoms with E-state index in [0.717, 1.165) is 18.8 Å². The number of anilines is 2. The largest absolute Gasteiger partial charge is 0.451 e. The van der Waals surface area contributed by atoms with Gasteiger partial charge in [0.05, 0.1) is 10.0 Å². The van der Waals surface area contributed by atoms with Gasteiger partial charge >= 0.3 is 0 Å². The van der Waals surface area contributed by atoms with Crippen molar-refractivity contribution in [1.82, 2.24) is 4.90 Å². The van der Waals surface area contributed by atoms with Gasteiger partial charge in [0.2, 0.25) is 5.91 Å². The molecule has 2 heterocycles. The van der Waals surface area contributed by atoms with Gasteiger partial charge in [0.1, 0.15) is 5.76 Å². The summed E-state index contributed by atoms with van der Waals surface area (Å²) in [4.78, 5) is 28.1. The van der Waals surface area contributed by atoms with Crippen molar-refractivity contribution < 1.29 is 14.0 Å². The average Bonchev–Trinajstić information content (AvgIpc) is 3.26. The van der Waals surface area contributed by atoms with Crippen LogP contribution in [0.25, 0.3) is 11.3 Å². The molecule has 2 amide bonds. The normalized spacial score (nSPS) is 13.9. The summed E-state index contributed by atoms with van der Waals surface area (Å²) in [5, 5.41) is 3.64. The maximum atomic E-state index is 12.6. The fraction of sp³-hybridized carbons (Fsp3) is 0.217. The van der Waals surface area contributed by atoms with E-state index in [4.69, 9.17) is 27.6 Å². The molecule has 0 unspecified atom stereocenters. The first-order valence-electron chi connectivity index (χ1n) is 9.88. The molecular formula is C23H21Cl2N3O3. The second-order valence-corrected chi connectivity index (χ2v) is 8.04. The van der Waals surface area contributed by atoms with Crippen LogP contribution in [-0.4, -0.2) is 42.9 Å². The summed E-state index contributed by atoms with van der Waals surface area (Å²) in [6.07, 6.45) is 0. The molecule has 4 rings (SSSR count). The van der Waals surface area contributed by atoms with E-state index in [9.17, 15) is 9.59 Å². The SMILES string of the molecule is CC(=O)N1CCN(c2ccc(NC(=O)c3ccc(-c4cccc(Cl)c4Cl)o3)cc2)CC1. The fourth-order valence-corrected chi connectivity index (χ4v) is 3.92. The molecule has 31 heavy (non-hydrogen) atoms. The van der Waals surface area contributed by atoms with Gasteiger partial charge in [-0.25, -0.2) is 0 Å². The minimum atomic E-state index is -0.354. The van der Waals surface area contributed by atoms with Crippen molar-refractivity contribution in [1.29, 1.82) is 0 Å². The van der Waals surface area contributed by atoms with Crippen LogP contribution < -0.4 is 10.2 Å². The van der Waals surface area contributed by atoms with Crippen LogP contribution in [0.2, 0.25) is 10.0 Å². The molecule has 0 saturated carbocycles. The van der Waals surface area contributed by atoms with Crippen LogP contribution in [0.15, 0.2) is 59.0 Å². The van der Waals surface area contributed by atoms with Gasteiger partial charge in [0.25, 0.3) is 5.91 Å². The molecule has 2 aromatic carbocycles. The zero-order valence-electron chi connectivity index (χ0n) is 16.9. The molecule has 0 bridgehead atoms. The number of benzene rings is 2. The van der Waals surface area contributed by atoms with E-state index in [2.05, 4.69) is 10.2 Å². The molecule has 6 nitrogen and oxygen atoms in total. The van der Waals surface area contributed by atoms with Crippen LogP contribution in [0.3, 0.4) is 0 Å². The van der Waals surface area contributed by atoms with Crippen molar-refractivity contribution >= 4 is 46.4 Å². The van der Waals surface area contributed by atoms with Crippen molar-refractivity contribution in [3.8, 4) is 11.3 Å². The van der Waals surface area contributed by atoms with Gasteiger partial charge in [-0.3, -0.25) is 9.59 Å². The molecule has 0 aliphatic carbocycles. The van der Waals surface area contributed by atoms with Crippen LogP contribution in [0.4, 0.5) is 11.4 Å². The number of hydrogen-bond acceptors (Lipinski definition) is 4. The molecule has 0 radical (unpaired) electrons. The van der Waals surface area contributed by atoms with E-state index in [-0.39, 0.29) is 17.6 Å². The lowest BCUT2D eigenvalue weighted by molar-refractivity contribution is -0.129. The number of rotatable bonds is 4. The third-order valence-corrected chi connectivity index (χ3v) is 6.08. The van der Waals surface area contributed by atoms with E-state index in [1.165, 1.54) is 0 Å². The van der Waals surface area contributed by atoms with E-state index in [1.807, 2.05) is 29.2 Å². The summed E-state index contributed by atoms with van der Waals surface area (Å²) < 4.78 is 5.69. The van der Waals surface area contributed by atoms with Crippen molar-refractivity contribution in [2.24, 2.45) is 0 Å². The lowest BCUT2D eigenvalue weighted by atomic mass is 10.2. The van der Waals surface area contributed by atoms with Crippen LogP contribution in [0.1, 0.15) is 17.5 Å². The van der Waals surface area contributed by atoms with Crippen LogP contribution in [-0.2, 0) is 4.79 Å². The van der Waals surface area contributed by atoms with Gasteiger partial charge in [-0.2, -0.15) is 0 Å². The van der Waals surface area contributed by atoms with Crippen LogP contribution >= 0.6 is 23.2 Å². The van der Waals surface area contributed by atoms with Crippen LogP contribution in [0.5, 0.6) is 0 Å². The molecule has 1 saturated heterocycles. The lowest BCUT2D eigenvalue weighted by Gasteiger charge is -2.35. The number of piperazine rings is 1. The molecule has 160 valence electrons. The van der Waals surface area contributed by atoms with Crippen molar-refractivity contribution in [2.45, 2.75) is 6.92 Å². The number of amides is 2. The molecule has 1 aliphatic rings. The van der Waals surface area contributed by atoms with Crippen molar-refractivity contribution in [2.75, 3.05) is 36.4 Å². The van der Waals surface area contributed by atoms with Gasteiger partial charge in [0.15, 0.2) is 5.76 Å². The third kappa shape index (κ3) is 4.70. The predicted octanol–water partition coefficient (Wildman–Crippen LogP) is 5.17. The molecule has 1 aliphatic heterocycles. The second kappa shape index (κ2) is 9.04. The smallest absolute Gasteiger partial charge is 0.291 e. The van der Waals surface area contributed by atoms with E-state index in [1.54, 1.807) is 37.3 Å². The van der Waals surface area contributed by atoms with Gasteiger partial charge in [-0.1, -0.05) is 29.3 Å². The molecule has 0 spiro atoms.